The summed E-state index contributed by atoms with van der Waals surface area (Å²) in [5.41, 5.74) is 2.77. The fourth-order valence-corrected chi connectivity index (χ4v) is 7.23. The van der Waals surface area contributed by atoms with Crippen molar-refractivity contribution in [3.05, 3.63) is 23.8 Å². The molecule has 0 spiro atoms. The first-order valence-electron chi connectivity index (χ1n) is 9.71. The monoisotopic (exact) mass is 326 g/mol. The molecule has 24 heavy (non-hydrogen) atoms. The van der Waals surface area contributed by atoms with Crippen LogP contribution in [0.2, 0.25) is 0 Å². The van der Waals surface area contributed by atoms with E-state index in [1.165, 1.54) is 30.4 Å². The van der Waals surface area contributed by atoms with Crippen molar-refractivity contribution in [3.8, 4) is 0 Å². The van der Waals surface area contributed by atoms with E-state index in [9.17, 15) is 9.59 Å². The van der Waals surface area contributed by atoms with Gasteiger partial charge in [-0.1, -0.05) is 26.0 Å². The molecule has 0 aliphatic heterocycles. The van der Waals surface area contributed by atoms with Gasteiger partial charge >= 0.3 is 0 Å². The van der Waals surface area contributed by atoms with Gasteiger partial charge in [0.2, 0.25) is 0 Å². The summed E-state index contributed by atoms with van der Waals surface area (Å²) in [6, 6.07) is 0. The Hall–Kier alpha value is -1.18. The largest absolute Gasteiger partial charge is 0.300 e. The van der Waals surface area contributed by atoms with Gasteiger partial charge in [0.25, 0.3) is 0 Å². The van der Waals surface area contributed by atoms with E-state index in [-0.39, 0.29) is 22.5 Å². The molecule has 4 rings (SSSR count). The zero-order valence-electron chi connectivity index (χ0n) is 15.4. The lowest BCUT2D eigenvalue weighted by molar-refractivity contribution is -0.128. The van der Waals surface area contributed by atoms with E-state index in [2.05, 4.69) is 20.4 Å². The quantitative estimate of drug-likeness (QED) is 0.687. The summed E-state index contributed by atoms with van der Waals surface area (Å²) >= 11 is 0. The Labute approximate surface area is 145 Å². The van der Waals surface area contributed by atoms with E-state index in [1.807, 2.05) is 6.08 Å². The summed E-state index contributed by atoms with van der Waals surface area (Å²) in [7, 11) is 0. The van der Waals surface area contributed by atoms with Crippen molar-refractivity contribution < 1.29 is 9.59 Å². The minimum atomic E-state index is 0.129. The molecule has 2 heteroatoms. The van der Waals surface area contributed by atoms with Crippen LogP contribution in [0.1, 0.15) is 65.7 Å². The zero-order chi connectivity index (χ0) is 17.3. The van der Waals surface area contributed by atoms with Gasteiger partial charge in [-0.2, -0.15) is 0 Å². The Morgan fingerprint density at radius 2 is 1.92 bits per heavy atom. The van der Waals surface area contributed by atoms with Gasteiger partial charge in [0.15, 0.2) is 5.78 Å². The van der Waals surface area contributed by atoms with Crippen LogP contribution in [0.3, 0.4) is 0 Å². The minimum absolute atomic E-state index is 0.129. The Morgan fingerprint density at radius 1 is 1.17 bits per heavy atom. The van der Waals surface area contributed by atoms with Crippen molar-refractivity contribution in [3.63, 3.8) is 0 Å². The van der Waals surface area contributed by atoms with E-state index in [0.717, 1.165) is 19.3 Å². The molecule has 0 amide bonds. The van der Waals surface area contributed by atoms with Crippen molar-refractivity contribution >= 4 is 11.6 Å². The average molecular weight is 326 g/mol. The molecule has 3 fully saturated rings. The lowest BCUT2D eigenvalue weighted by atomic mass is 9.46. The first-order chi connectivity index (χ1) is 11.3. The van der Waals surface area contributed by atoms with Gasteiger partial charge in [-0.25, -0.2) is 0 Å². The molecule has 130 valence electrons. The molecule has 0 radical (unpaired) electrons. The van der Waals surface area contributed by atoms with Crippen LogP contribution in [0, 0.1) is 34.5 Å². The third-order valence-electron chi connectivity index (χ3n) is 8.42. The standard InChI is InChI=1S/C22H30O2/c1-13-11-16-18-6-5-17(14(2)23)21(18,3)10-8-19(16)22(4)9-7-15(24)12-20(13)22/h12,16-19H,1,5-11H2,2-4H3/t16?,17?,18?,19?,21-,22-/m1/s1. The highest BCUT2D eigenvalue weighted by Gasteiger charge is 2.60. The summed E-state index contributed by atoms with van der Waals surface area (Å²) in [6.07, 6.45) is 9.26. The minimum Gasteiger partial charge on any atom is -0.300 e. The molecular formula is C22H30O2. The predicted molar refractivity (Wildman–Crippen MR) is 95.4 cm³/mol. The first kappa shape index (κ1) is 16.3. The fraction of sp³-hybridized carbons (Fsp3) is 0.727. The fourth-order valence-electron chi connectivity index (χ4n) is 7.23. The molecule has 4 aliphatic carbocycles. The average Bonchev–Trinajstić information content (AvgIpc) is 2.87. The lowest BCUT2D eigenvalue weighted by Gasteiger charge is -2.58. The Bertz CT molecular complexity index is 657. The molecule has 0 bridgehead atoms. The molecule has 3 saturated carbocycles. The highest BCUT2D eigenvalue weighted by molar-refractivity contribution is 5.92. The highest BCUT2D eigenvalue weighted by atomic mass is 16.1. The molecule has 6 atom stereocenters. The molecule has 2 nitrogen and oxygen atoms in total. The van der Waals surface area contributed by atoms with Gasteiger partial charge in [-0.3, -0.25) is 9.59 Å². The van der Waals surface area contributed by atoms with Crippen LogP contribution in [0.25, 0.3) is 0 Å². The lowest BCUT2D eigenvalue weighted by Crippen LogP contribution is -2.51. The third kappa shape index (κ3) is 2.01. The van der Waals surface area contributed by atoms with Crippen LogP contribution < -0.4 is 0 Å². The van der Waals surface area contributed by atoms with Gasteiger partial charge in [-0.05, 0) is 85.7 Å². The maximum atomic E-state index is 12.2. The number of carbonyl (C=O) groups is 2. The van der Waals surface area contributed by atoms with Gasteiger partial charge in [0, 0.05) is 12.3 Å². The van der Waals surface area contributed by atoms with E-state index < -0.39 is 0 Å². The molecule has 0 N–H and O–H groups in total. The van der Waals surface area contributed by atoms with E-state index in [0.29, 0.717) is 30.0 Å². The maximum absolute atomic E-state index is 12.2. The number of Topliss-reactive ketones (excluding diaryl/α,β-unsaturated/α-hetero) is 1. The topological polar surface area (TPSA) is 34.1 Å². The van der Waals surface area contributed by atoms with Gasteiger partial charge in [-0.15, -0.1) is 0 Å². The van der Waals surface area contributed by atoms with Gasteiger partial charge in [0.05, 0.1) is 0 Å². The first-order valence-corrected chi connectivity index (χ1v) is 9.71. The van der Waals surface area contributed by atoms with Crippen molar-refractivity contribution in [1.29, 1.82) is 0 Å². The number of ketones is 2. The van der Waals surface area contributed by atoms with Crippen LogP contribution >= 0.6 is 0 Å². The van der Waals surface area contributed by atoms with Gasteiger partial charge in [0.1, 0.15) is 5.78 Å². The van der Waals surface area contributed by atoms with Crippen LogP contribution in [-0.2, 0) is 9.59 Å². The third-order valence-corrected chi connectivity index (χ3v) is 8.42. The van der Waals surface area contributed by atoms with Crippen molar-refractivity contribution in [2.24, 2.45) is 34.5 Å². The maximum Gasteiger partial charge on any atom is 0.156 e. The molecule has 4 unspecified atom stereocenters. The van der Waals surface area contributed by atoms with Crippen LogP contribution in [-0.4, -0.2) is 11.6 Å². The normalized spacial score (nSPS) is 47.5. The van der Waals surface area contributed by atoms with Crippen LogP contribution in [0.5, 0.6) is 0 Å². The summed E-state index contributed by atoms with van der Waals surface area (Å²) in [5.74, 6) is 2.89. The second-order valence-corrected chi connectivity index (χ2v) is 9.41. The predicted octanol–water partition coefficient (Wildman–Crippen LogP) is 4.89. The molecular weight excluding hydrogens is 296 g/mol. The van der Waals surface area contributed by atoms with E-state index in [1.54, 1.807) is 6.92 Å². The number of carbonyl (C=O) groups excluding carboxylic acids is 2. The van der Waals surface area contributed by atoms with Crippen LogP contribution in [0.4, 0.5) is 0 Å². The Morgan fingerprint density at radius 3 is 2.62 bits per heavy atom. The SMILES string of the molecule is C=C1CC2C3CCC(C(C)=O)[C@@]3(C)CCC2[C@@]2(C)CCC(=O)C=C12. The summed E-state index contributed by atoms with van der Waals surface area (Å²) in [5, 5.41) is 0. The van der Waals surface area contributed by atoms with Crippen LogP contribution in [0.15, 0.2) is 23.8 Å². The summed E-state index contributed by atoms with van der Waals surface area (Å²) < 4.78 is 0. The second kappa shape index (κ2) is 5.16. The molecule has 0 saturated heterocycles. The Balaban J connectivity index is 1.72. The summed E-state index contributed by atoms with van der Waals surface area (Å²) in [4.78, 5) is 24.2. The zero-order valence-corrected chi connectivity index (χ0v) is 15.4. The van der Waals surface area contributed by atoms with E-state index in [4.69, 9.17) is 0 Å². The molecule has 0 heterocycles. The molecule has 0 aromatic carbocycles. The Kier molecular flexibility index (Phi) is 3.50. The number of hydrogen-bond acceptors (Lipinski definition) is 2. The second-order valence-electron chi connectivity index (χ2n) is 9.41. The van der Waals surface area contributed by atoms with E-state index >= 15 is 0 Å². The van der Waals surface area contributed by atoms with Crippen molar-refractivity contribution in [2.45, 2.75) is 65.7 Å². The van der Waals surface area contributed by atoms with Gasteiger partial charge < -0.3 is 0 Å². The number of hydrogen-bond donors (Lipinski definition) is 0. The molecule has 0 aromatic heterocycles. The number of allylic oxidation sites excluding steroid dienone is 2. The number of rotatable bonds is 1. The number of fused-ring (bicyclic) bond motifs is 5. The van der Waals surface area contributed by atoms with Crippen molar-refractivity contribution in [2.75, 3.05) is 0 Å². The molecule has 0 aromatic rings. The summed E-state index contributed by atoms with van der Waals surface area (Å²) in [6.45, 7) is 10.9. The van der Waals surface area contributed by atoms with Crippen molar-refractivity contribution in [1.82, 2.24) is 0 Å². The highest BCUT2D eigenvalue weighted by Crippen LogP contribution is 2.67. The smallest absolute Gasteiger partial charge is 0.156 e. The molecule has 4 aliphatic rings.